The first-order chi connectivity index (χ1) is 56.0. The topological polar surface area (TPSA) is 55.8 Å². The molecule has 0 N–H and O–H groups in total. The average molecular weight is 1520 g/mol. The molecule has 2 atom stereocenters. The Kier molecular flexibility index (Phi) is 14.6. The van der Waals surface area contributed by atoms with Gasteiger partial charge >= 0.3 is 0 Å². The molecule has 0 fully saturated rings. The zero-order chi connectivity index (χ0) is 74.2. The molecule has 0 bridgehead atoms. The van der Waals surface area contributed by atoms with E-state index in [0.717, 1.165) is 99.6 Å². The van der Waals surface area contributed by atoms with E-state index in [1.165, 1.54) is 138 Å². The van der Waals surface area contributed by atoms with Crippen molar-refractivity contribution in [2.24, 2.45) is 0 Å². The lowest BCUT2D eigenvalue weighted by Crippen LogP contribution is -2.32. The van der Waals surface area contributed by atoms with Gasteiger partial charge in [-0.15, -0.1) is 0 Å². The first kappa shape index (κ1) is 65.8. The zero-order valence-electron chi connectivity index (χ0n) is 61.0. The van der Waals surface area contributed by atoms with E-state index in [-0.39, 0.29) is 7.43 Å². The molecule has 114 heavy (non-hydrogen) atoms. The van der Waals surface area contributed by atoms with E-state index in [2.05, 4.69) is 373 Å². The molecule has 0 saturated carbocycles. The average Bonchev–Trinajstić information content (AvgIpc) is 1.47. The lowest BCUT2D eigenvalue weighted by molar-refractivity contribution is 0.664. The molecular formula is C108H68BrNO4. The maximum absolute atomic E-state index is 6.90. The van der Waals surface area contributed by atoms with E-state index >= 15 is 0 Å². The molecule has 18 aromatic carbocycles. The predicted octanol–water partition coefficient (Wildman–Crippen LogP) is 30.1. The number of hydrogen-bond donors (Lipinski definition) is 0. The van der Waals surface area contributed by atoms with Crippen molar-refractivity contribution in [3.8, 4) is 44.5 Å². The second-order valence-corrected chi connectivity index (χ2v) is 31.2. The van der Waals surface area contributed by atoms with Crippen molar-refractivity contribution in [3.05, 3.63) is 436 Å². The minimum absolute atomic E-state index is 0. The van der Waals surface area contributed by atoms with Crippen LogP contribution < -0.4 is 4.90 Å². The van der Waals surface area contributed by atoms with Gasteiger partial charge in [-0.3, -0.25) is 0 Å². The SMILES string of the molecule is Brc1ccc2c(c1)C1(c3ccccc3-2)c2ccc3c(oc4ccccc43)c2-c2cccc3cccc1c23.C.c1ccc(Cc2cccc3c2oc2ccccc23)cc1.c1ccc(N(c2ccc3c(c2)C2(c4ccccc4-3)c3ccc4c(oc5ccccc54)c3-c3cccc4cccc2c34)c2cccc3c2oc2ccccc23)cc1. The molecular weight excluding hydrogens is 1460 g/mol. The molecule has 0 aliphatic heterocycles. The Morgan fingerprint density at radius 1 is 0.254 bits per heavy atom. The van der Waals surface area contributed by atoms with Crippen LogP contribution in [0.4, 0.5) is 17.1 Å². The van der Waals surface area contributed by atoms with Crippen molar-refractivity contribution < 1.29 is 17.7 Å². The maximum atomic E-state index is 6.90. The van der Waals surface area contributed by atoms with Gasteiger partial charge in [0.2, 0.25) is 0 Å². The molecule has 0 radical (unpaired) electrons. The van der Waals surface area contributed by atoms with Gasteiger partial charge < -0.3 is 22.6 Å². The summed E-state index contributed by atoms with van der Waals surface area (Å²) in [5.41, 5.74) is 32.4. The fourth-order valence-corrected chi connectivity index (χ4v) is 20.6. The van der Waals surface area contributed by atoms with Crippen LogP contribution in [-0.4, -0.2) is 0 Å². The van der Waals surface area contributed by atoms with E-state index in [1.54, 1.807) is 0 Å². The van der Waals surface area contributed by atoms with Crippen LogP contribution in [0.3, 0.4) is 0 Å². The number of benzene rings is 18. The van der Waals surface area contributed by atoms with E-state index in [0.29, 0.717) is 0 Å². The Hall–Kier alpha value is -14.0. The van der Waals surface area contributed by atoms with Gasteiger partial charge in [-0.05, 0) is 177 Å². The quantitative estimate of drug-likeness (QED) is 0.172. The molecule has 4 aromatic heterocycles. The molecule has 0 saturated heterocycles. The van der Waals surface area contributed by atoms with Gasteiger partial charge in [0.05, 0.1) is 16.5 Å². The summed E-state index contributed by atoms with van der Waals surface area (Å²) < 4.78 is 27.4. The Balaban J connectivity index is 0.000000113. The molecule has 536 valence electrons. The monoisotopic (exact) mass is 1520 g/mol. The Bertz CT molecular complexity index is 7760. The second-order valence-electron chi connectivity index (χ2n) is 30.3. The number of fused-ring (bicyclic) bond motifs is 32. The normalized spacial score (nSPS) is 14.9. The fourth-order valence-electron chi connectivity index (χ4n) is 20.2. The summed E-state index contributed by atoms with van der Waals surface area (Å²) in [4.78, 5) is 2.36. The van der Waals surface area contributed by atoms with Crippen molar-refractivity contribution in [1.82, 2.24) is 0 Å². The van der Waals surface area contributed by atoms with Crippen molar-refractivity contribution in [3.63, 3.8) is 0 Å². The van der Waals surface area contributed by atoms with Gasteiger partial charge in [-0.25, -0.2) is 0 Å². The molecule has 6 heteroatoms. The van der Waals surface area contributed by atoms with E-state index in [9.17, 15) is 0 Å². The lowest BCUT2D eigenvalue weighted by atomic mass is 9.61. The van der Waals surface area contributed by atoms with Crippen LogP contribution >= 0.6 is 15.9 Å². The minimum Gasteiger partial charge on any atom is -0.456 e. The summed E-state index contributed by atoms with van der Waals surface area (Å²) in [6.07, 6.45) is 0.901. The summed E-state index contributed by atoms with van der Waals surface area (Å²) >= 11 is 3.81. The number of nitrogens with zero attached hydrogens (tertiary/aromatic N) is 1. The molecule has 5 nitrogen and oxygen atoms in total. The van der Waals surface area contributed by atoms with Crippen LogP contribution in [0.2, 0.25) is 0 Å². The van der Waals surface area contributed by atoms with Gasteiger partial charge in [-0.1, -0.05) is 333 Å². The van der Waals surface area contributed by atoms with Gasteiger partial charge in [-0.2, -0.15) is 0 Å². The summed E-state index contributed by atoms with van der Waals surface area (Å²) in [6, 6.07) is 136. The van der Waals surface area contributed by atoms with Crippen molar-refractivity contribution in [2.45, 2.75) is 24.7 Å². The Morgan fingerprint density at radius 3 is 1.18 bits per heavy atom. The van der Waals surface area contributed by atoms with Crippen LogP contribution in [0, 0.1) is 0 Å². The predicted molar refractivity (Wildman–Crippen MR) is 474 cm³/mol. The van der Waals surface area contributed by atoms with Crippen LogP contribution in [0.1, 0.15) is 63.1 Å². The van der Waals surface area contributed by atoms with Crippen LogP contribution in [0.5, 0.6) is 0 Å². The smallest absolute Gasteiger partial charge is 0.159 e. The molecule has 4 aliphatic carbocycles. The third-order valence-electron chi connectivity index (χ3n) is 24.7. The van der Waals surface area contributed by atoms with Gasteiger partial charge in [0.25, 0.3) is 0 Å². The first-order valence-electron chi connectivity index (χ1n) is 38.7. The number of hydrogen-bond acceptors (Lipinski definition) is 5. The molecule has 4 heterocycles. The van der Waals surface area contributed by atoms with Gasteiger partial charge in [0, 0.05) is 76.5 Å². The molecule has 4 aliphatic rings. The second kappa shape index (κ2) is 25.2. The van der Waals surface area contributed by atoms with E-state index in [1.807, 2.05) is 24.3 Å². The number of halogens is 1. The number of para-hydroxylation sites is 7. The summed E-state index contributed by atoms with van der Waals surface area (Å²) in [5.74, 6) is 0. The van der Waals surface area contributed by atoms with Crippen LogP contribution in [0.15, 0.2) is 398 Å². The third kappa shape index (κ3) is 9.23. The third-order valence-corrected chi connectivity index (χ3v) is 25.2. The fraction of sp³-hybridized carbons (Fsp3) is 0.0370. The number of furan rings is 4. The lowest BCUT2D eigenvalue weighted by Gasteiger charge is -2.40. The number of anilines is 3. The summed E-state index contributed by atoms with van der Waals surface area (Å²) in [7, 11) is 0. The van der Waals surface area contributed by atoms with Gasteiger partial charge in [0.15, 0.2) is 5.58 Å². The molecule has 26 rings (SSSR count). The molecule has 22 aromatic rings. The standard InChI is InChI=1S/C53H31NO2.C35H19BrO.C19H14O.CH4/c1-2-15-33(16-3-1)54(46-24-12-20-39-37-18-5-8-25-47(37)55-51(39)46)34-27-28-36-35-17-4-7-22-42(35)53(45(36)31-34)43-23-11-14-32-13-10-21-41(49(32)43)50-44(53)30-29-40-38-19-6-9-26-48(38)56-52(40)50;36-21-15-16-23-22-9-1-3-12-27(22)35(30(23)19-21)28-13-6-8-20-7-5-11-26(32(20)28)33-29(35)18-17-25-24-10-2-4-14-31(24)37-34(25)33;1-2-7-14(8-3-1)13-15-9-6-11-17-16-10-4-5-12-18(16)20-19(15)17;/h1-31H;1-19H;1-12H,13H2;1H4. The van der Waals surface area contributed by atoms with E-state index < -0.39 is 10.8 Å². The Morgan fingerprint density at radius 2 is 0.640 bits per heavy atom. The molecule has 2 unspecified atom stereocenters. The highest BCUT2D eigenvalue weighted by atomic mass is 79.9. The number of rotatable bonds is 5. The van der Waals surface area contributed by atoms with Crippen molar-refractivity contribution in [2.75, 3.05) is 4.90 Å². The zero-order valence-corrected chi connectivity index (χ0v) is 62.5. The largest absolute Gasteiger partial charge is 0.456 e. The Labute approximate surface area is 665 Å². The minimum atomic E-state index is -0.619. The summed E-state index contributed by atoms with van der Waals surface area (Å²) in [6.45, 7) is 0. The van der Waals surface area contributed by atoms with Crippen molar-refractivity contribution >= 4 is 142 Å². The van der Waals surface area contributed by atoms with Crippen molar-refractivity contribution in [1.29, 1.82) is 0 Å². The summed E-state index contributed by atoms with van der Waals surface area (Å²) in [5, 5.41) is 14.3. The van der Waals surface area contributed by atoms with Crippen LogP contribution in [0.25, 0.3) is 154 Å². The van der Waals surface area contributed by atoms with Gasteiger partial charge in [0.1, 0.15) is 39.1 Å². The highest BCUT2D eigenvalue weighted by Gasteiger charge is 2.53. The first-order valence-corrected chi connectivity index (χ1v) is 39.5. The highest BCUT2D eigenvalue weighted by molar-refractivity contribution is 9.10. The van der Waals surface area contributed by atoms with Crippen LogP contribution in [-0.2, 0) is 17.3 Å². The highest BCUT2D eigenvalue weighted by Crippen LogP contribution is 2.66. The molecule has 2 spiro atoms. The van der Waals surface area contributed by atoms with E-state index in [4.69, 9.17) is 17.7 Å². The maximum Gasteiger partial charge on any atom is 0.159 e. The molecule has 0 amide bonds.